The molecule has 0 spiro atoms. The van der Waals surface area contributed by atoms with Crippen molar-refractivity contribution in [3.63, 3.8) is 0 Å². The maximum atomic E-state index is 14.0. The molecule has 0 aromatic rings. The molecule has 0 aromatic heterocycles. The fourth-order valence-corrected chi connectivity index (χ4v) is 5.24. The van der Waals surface area contributed by atoms with Gasteiger partial charge in [0, 0.05) is 31.5 Å². The number of aliphatic hydroxyl groups excluding tert-OH is 1. The standard InChI is InChI=1S/C29H46N4O7/c1-7-10-11-14-32(20-12-13-20)18-22(30-27(38)40-28(4,5)6)25(36)33-17-21(34)15-23(33)24(35)31-29(16-19(29)8-2)26(37)39-9-3/h7-8,19-23,34H,1-2,9-18H2,3-6H3,(H,30,38)(H,31,35)/t19?,21-,22+,23+,29-/m1/s1. The highest BCUT2D eigenvalue weighted by Gasteiger charge is 2.62. The summed E-state index contributed by atoms with van der Waals surface area (Å²) in [5, 5.41) is 16.0. The molecular formula is C29H46N4O7. The minimum Gasteiger partial charge on any atom is -0.464 e. The van der Waals surface area contributed by atoms with Crippen molar-refractivity contribution < 1.29 is 33.8 Å². The zero-order valence-electron chi connectivity index (χ0n) is 24.3. The van der Waals surface area contributed by atoms with Crippen LogP contribution in [0.5, 0.6) is 0 Å². The van der Waals surface area contributed by atoms with Crippen LogP contribution in [0.3, 0.4) is 0 Å². The third kappa shape index (κ3) is 8.06. The van der Waals surface area contributed by atoms with Crippen LogP contribution in [0, 0.1) is 5.92 Å². The summed E-state index contributed by atoms with van der Waals surface area (Å²) in [5.74, 6) is -1.87. The van der Waals surface area contributed by atoms with E-state index in [-0.39, 0.29) is 32.0 Å². The van der Waals surface area contributed by atoms with Gasteiger partial charge in [0.05, 0.1) is 12.7 Å². The smallest absolute Gasteiger partial charge is 0.408 e. The van der Waals surface area contributed by atoms with Crippen LogP contribution in [-0.2, 0) is 23.9 Å². The van der Waals surface area contributed by atoms with Crippen molar-refractivity contribution in [1.82, 2.24) is 20.4 Å². The number of likely N-dealkylation sites (tertiary alicyclic amines) is 1. The predicted octanol–water partition coefficient (Wildman–Crippen LogP) is 1.90. The highest BCUT2D eigenvalue weighted by atomic mass is 16.6. The van der Waals surface area contributed by atoms with Crippen molar-refractivity contribution in [2.75, 3.05) is 26.2 Å². The monoisotopic (exact) mass is 562 g/mol. The number of rotatable bonds is 14. The first-order valence-electron chi connectivity index (χ1n) is 14.3. The molecule has 11 nitrogen and oxygen atoms in total. The summed E-state index contributed by atoms with van der Waals surface area (Å²) in [5.41, 5.74) is -1.99. The molecule has 224 valence electrons. The molecule has 2 saturated carbocycles. The summed E-state index contributed by atoms with van der Waals surface area (Å²) in [7, 11) is 0. The Balaban J connectivity index is 1.80. The van der Waals surface area contributed by atoms with Crippen molar-refractivity contribution >= 4 is 23.9 Å². The summed E-state index contributed by atoms with van der Waals surface area (Å²) in [6.45, 7) is 15.5. The van der Waals surface area contributed by atoms with E-state index in [1.54, 1.807) is 33.8 Å². The van der Waals surface area contributed by atoms with Crippen LogP contribution in [0.4, 0.5) is 4.79 Å². The lowest BCUT2D eigenvalue weighted by Gasteiger charge is -2.33. The van der Waals surface area contributed by atoms with Gasteiger partial charge in [0.2, 0.25) is 11.8 Å². The van der Waals surface area contributed by atoms with Gasteiger partial charge in [-0.15, -0.1) is 13.2 Å². The molecule has 0 aromatic carbocycles. The summed E-state index contributed by atoms with van der Waals surface area (Å²) in [4.78, 5) is 56.4. The molecule has 5 atom stereocenters. The Bertz CT molecular complexity index is 976. The van der Waals surface area contributed by atoms with Crippen LogP contribution < -0.4 is 10.6 Å². The van der Waals surface area contributed by atoms with Gasteiger partial charge < -0.3 is 30.1 Å². The molecule has 3 fully saturated rings. The molecule has 40 heavy (non-hydrogen) atoms. The number of aliphatic hydroxyl groups is 1. The fourth-order valence-electron chi connectivity index (χ4n) is 5.24. The third-order valence-corrected chi connectivity index (χ3v) is 7.47. The summed E-state index contributed by atoms with van der Waals surface area (Å²) < 4.78 is 10.6. The Morgan fingerprint density at radius 2 is 1.93 bits per heavy atom. The van der Waals surface area contributed by atoms with Gasteiger partial charge in [-0.1, -0.05) is 12.2 Å². The van der Waals surface area contributed by atoms with Crippen LogP contribution in [-0.4, -0.2) is 100 Å². The summed E-state index contributed by atoms with van der Waals surface area (Å²) in [6, 6.07) is -1.70. The molecule has 0 bridgehead atoms. The second-order valence-corrected chi connectivity index (χ2v) is 12.0. The number of carbonyl (C=O) groups is 4. The largest absolute Gasteiger partial charge is 0.464 e. The van der Waals surface area contributed by atoms with E-state index in [1.165, 1.54) is 4.90 Å². The first-order valence-corrected chi connectivity index (χ1v) is 14.3. The molecule has 2 aliphatic carbocycles. The van der Waals surface area contributed by atoms with Crippen molar-refractivity contribution in [3.8, 4) is 0 Å². The number of alkyl carbamates (subject to hydrolysis) is 1. The lowest BCUT2D eigenvalue weighted by molar-refractivity contribution is -0.150. The van der Waals surface area contributed by atoms with Crippen molar-refractivity contribution in [1.29, 1.82) is 0 Å². The van der Waals surface area contributed by atoms with Gasteiger partial charge in [-0.2, -0.15) is 0 Å². The van der Waals surface area contributed by atoms with E-state index in [0.29, 0.717) is 12.5 Å². The lowest BCUT2D eigenvalue weighted by Crippen LogP contribution is -2.59. The highest BCUT2D eigenvalue weighted by molar-refractivity contribution is 5.96. The average Bonchev–Trinajstić information content (AvgIpc) is 3.79. The van der Waals surface area contributed by atoms with Crippen LogP contribution in [0.25, 0.3) is 0 Å². The van der Waals surface area contributed by atoms with Crippen LogP contribution in [0.1, 0.15) is 66.2 Å². The number of amides is 3. The zero-order chi connectivity index (χ0) is 29.7. The van der Waals surface area contributed by atoms with Gasteiger partial charge in [-0.25, -0.2) is 9.59 Å². The van der Waals surface area contributed by atoms with Crippen molar-refractivity contribution in [2.24, 2.45) is 5.92 Å². The van der Waals surface area contributed by atoms with E-state index in [2.05, 4.69) is 28.7 Å². The molecule has 3 N–H and O–H groups in total. The highest BCUT2D eigenvalue weighted by Crippen LogP contribution is 2.45. The fraction of sp³-hybridized carbons (Fsp3) is 0.724. The Hall–Kier alpha value is -2.92. The first-order chi connectivity index (χ1) is 18.8. The summed E-state index contributed by atoms with van der Waals surface area (Å²) in [6.07, 6.45) is 5.86. The summed E-state index contributed by atoms with van der Waals surface area (Å²) >= 11 is 0. The molecule has 1 saturated heterocycles. The molecule has 11 heteroatoms. The number of carbonyl (C=O) groups excluding carboxylic acids is 4. The van der Waals surface area contributed by atoms with E-state index < -0.39 is 53.2 Å². The number of nitrogens with one attached hydrogen (secondary N) is 2. The van der Waals surface area contributed by atoms with Gasteiger partial charge in [0.1, 0.15) is 23.2 Å². The van der Waals surface area contributed by atoms with Crippen LogP contribution >= 0.6 is 0 Å². The SMILES string of the molecule is C=CCCCN(C[C@H](NC(=O)OC(C)(C)C)C(=O)N1C[C@H](O)C[C@H]1C(=O)N[C@]1(C(=O)OCC)CC1C=C)C1CC1. The number of unbranched alkanes of at least 4 members (excludes halogenated alkanes) is 1. The van der Waals surface area contributed by atoms with E-state index in [0.717, 1.165) is 32.2 Å². The normalized spacial score (nSPS) is 26.6. The minimum atomic E-state index is -1.22. The van der Waals surface area contributed by atoms with Gasteiger partial charge in [-0.05, 0) is 66.3 Å². The Morgan fingerprint density at radius 3 is 2.48 bits per heavy atom. The quantitative estimate of drug-likeness (QED) is 0.166. The Kier molecular flexibility index (Phi) is 10.4. The molecule has 1 unspecified atom stereocenters. The maximum Gasteiger partial charge on any atom is 0.408 e. The number of hydrogen-bond donors (Lipinski definition) is 3. The predicted molar refractivity (Wildman–Crippen MR) is 149 cm³/mol. The van der Waals surface area contributed by atoms with Gasteiger partial charge in [-0.3, -0.25) is 14.5 Å². The topological polar surface area (TPSA) is 138 Å². The minimum absolute atomic E-state index is 0.0140. The number of allylic oxidation sites excluding steroid dienone is 1. The molecule has 3 amide bonds. The number of nitrogens with zero attached hydrogens (tertiary/aromatic N) is 2. The molecule has 1 heterocycles. The second kappa shape index (κ2) is 13.2. The van der Waals surface area contributed by atoms with E-state index in [1.807, 2.05) is 6.08 Å². The van der Waals surface area contributed by atoms with E-state index >= 15 is 0 Å². The van der Waals surface area contributed by atoms with Crippen molar-refractivity contribution in [2.45, 2.75) is 102 Å². The third-order valence-electron chi connectivity index (χ3n) is 7.47. The number of hydrogen-bond acceptors (Lipinski definition) is 8. The molecule has 3 aliphatic rings. The first kappa shape index (κ1) is 31.6. The van der Waals surface area contributed by atoms with Gasteiger partial charge in [0.25, 0.3) is 0 Å². The van der Waals surface area contributed by atoms with E-state index in [9.17, 15) is 24.3 Å². The number of β-amino-alcohol motifs (C(OH)–C–C–N with tert-alkyl or cyclic N) is 1. The van der Waals surface area contributed by atoms with Crippen LogP contribution in [0.15, 0.2) is 25.3 Å². The van der Waals surface area contributed by atoms with Gasteiger partial charge >= 0.3 is 12.1 Å². The second-order valence-electron chi connectivity index (χ2n) is 12.0. The van der Waals surface area contributed by atoms with Crippen molar-refractivity contribution in [3.05, 3.63) is 25.3 Å². The lowest BCUT2D eigenvalue weighted by atomic mass is 10.1. The average molecular weight is 563 g/mol. The Labute approximate surface area is 237 Å². The van der Waals surface area contributed by atoms with Gasteiger partial charge in [0.15, 0.2) is 0 Å². The molecular weight excluding hydrogens is 516 g/mol. The maximum absolute atomic E-state index is 14.0. The number of esters is 1. The Morgan fingerprint density at radius 1 is 1.23 bits per heavy atom. The zero-order valence-corrected chi connectivity index (χ0v) is 24.3. The molecule has 1 aliphatic heterocycles. The molecule has 0 radical (unpaired) electrons. The number of ether oxygens (including phenoxy) is 2. The molecule has 3 rings (SSSR count). The van der Waals surface area contributed by atoms with Crippen LogP contribution in [0.2, 0.25) is 0 Å². The van der Waals surface area contributed by atoms with E-state index in [4.69, 9.17) is 9.47 Å².